The maximum absolute atomic E-state index is 6.13. The number of thiophene rings is 1. The van der Waals surface area contributed by atoms with Crippen molar-refractivity contribution in [1.82, 2.24) is 9.97 Å². The highest BCUT2D eigenvalue weighted by molar-refractivity contribution is 7.99. The lowest BCUT2D eigenvalue weighted by atomic mass is 10.2. The molecule has 0 spiro atoms. The number of fused-ring (bicyclic) bond motifs is 1. The highest BCUT2D eigenvalue weighted by atomic mass is 35.5. The van der Waals surface area contributed by atoms with E-state index in [0.29, 0.717) is 16.3 Å². The summed E-state index contributed by atoms with van der Waals surface area (Å²) in [6.07, 6.45) is 0. The second-order valence-corrected chi connectivity index (χ2v) is 6.95. The van der Waals surface area contributed by atoms with E-state index < -0.39 is 0 Å². The van der Waals surface area contributed by atoms with E-state index in [0.717, 1.165) is 21.8 Å². The second-order valence-electron chi connectivity index (χ2n) is 4.33. The van der Waals surface area contributed by atoms with Gasteiger partial charge in [0.1, 0.15) is 15.8 Å². The lowest BCUT2D eigenvalue weighted by molar-refractivity contribution is 0.642. The fraction of sp³-hybridized carbons (Fsp3) is 0.500. The van der Waals surface area contributed by atoms with Crippen LogP contribution in [0.15, 0.2) is 11.4 Å². The van der Waals surface area contributed by atoms with Crippen molar-refractivity contribution in [2.45, 2.75) is 31.8 Å². The van der Waals surface area contributed by atoms with Gasteiger partial charge in [-0.2, -0.15) is 11.8 Å². The van der Waals surface area contributed by atoms with Gasteiger partial charge in [-0.3, -0.25) is 0 Å². The molecule has 1 atom stereocenters. The second kappa shape index (κ2) is 5.55. The topological polar surface area (TPSA) is 25.8 Å². The molecule has 0 fully saturated rings. The maximum atomic E-state index is 6.13. The van der Waals surface area contributed by atoms with E-state index >= 15 is 0 Å². The molecule has 0 aliphatic heterocycles. The van der Waals surface area contributed by atoms with E-state index in [1.54, 1.807) is 11.3 Å². The zero-order valence-corrected chi connectivity index (χ0v) is 12.5. The molecule has 17 heavy (non-hydrogen) atoms. The third-order valence-corrected chi connectivity index (χ3v) is 5.33. The van der Waals surface area contributed by atoms with Gasteiger partial charge in [-0.15, -0.1) is 11.3 Å². The maximum Gasteiger partial charge on any atom is 0.141 e. The predicted molar refractivity (Wildman–Crippen MR) is 78.0 cm³/mol. The first-order valence-electron chi connectivity index (χ1n) is 5.59. The van der Waals surface area contributed by atoms with E-state index in [-0.39, 0.29) is 0 Å². The molecule has 2 rings (SSSR count). The zero-order valence-electron chi connectivity index (χ0n) is 10.1. The van der Waals surface area contributed by atoms with Crippen LogP contribution in [0.3, 0.4) is 0 Å². The van der Waals surface area contributed by atoms with Crippen molar-refractivity contribution < 1.29 is 0 Å². The summed E-state index contributed by atoms with van der Waals surface area (Å²) in [6, 6.07) is 1.97. The summed E-state index contributed by atoms with van der Waals surface area (Å²) in [5, 5.41) is 4.14. The van der Waals surface area contributed by atoms with Gasteiger partial charge < -0.3 is 0 Å². The monoisotopic (exact) mass is 286 g/mol. The van der Waals surface area contributed by atoms with Gasteiger partial charge in [0, 0.05) is 10.6 Å². The molecular formula is C12H15ClN2S2. The molecule has 0 saturated carbocycles. The number of hydrogen-bond acceptors (Lipinski definition) is 4. The number of halogens is 1. The SMILES string of the molecule is CC(C)C(C)SCc1nc(Cl)c2ccsc2n1. The molecular weight excluding hydrogens is 272 g/mol. The molecule has 2 aromatic heterocycles. The molecule has 2 aromatic rings. The van der Waals surface area contributed by atoms with Crippen LogP contribution in [0.1, 0.15) is 26.6 Å². The number of thioether (sulfide) groups is 1. The Labute approximate surface area is 115 Å². The third kappa shape index (κ3) is 3.12. The molecule has 0 radical (unpaired) electrons. The normalized spacial score (nSPS) is 13.5. The van der Waals surface area contributed by atoms with Crippen LogP contribution < -0.4 is 0 Å². The number of hydrogen-bond donors (Lipinski definition) is 0. The lowest BCUT2D eigenvalue weighted by Crippen LogP contribution is -2.06. The minimum absolute atomic E-state index is 0.573. The first kappa shape index (κ1) is 13.1. The molecule has 0 aromatic carbocycles. The Kier molecular flexibility index (Phi) is 4.28. The van der Waals surface area contributed by atoms with Crippen LogP contribution in [0.25, 0.3) is 10.2 Å². The van der Waals surface area contributed by atoms with Crippen molar-refractivity contribution in [3.63, 3.8) is 0 Å². The quantitative estimate of drug-likeness (QED) is 0.767. The summed E-state index contributed by atoms with van der Waals surface area (Å²) >= 11 is 9.62. The molecule has 2 nitrogen and oxygen atoms in total. The Hall–Kier alpha value is -0.320. The van der Waals surface area contributed by atoms with E-state index in [2.05, 4.69) is 30.7 Å². The Morgan fingerprint density at radius 3 is 2.82 bits per heavy atom. The minimum atomic E-state index is 0.573. The smallest absolute Gasteiger partial charge is 0.141 e. The van der Waals surface area contributed by atoms with Gasteiger partial charge in [0.15, 0.2) is 0 Å². The molecule has 5 heteroatoms. The van der Waals surface area contributed by atoms with Crippen LogP contribution >= 0.6 is 34.7 Å². The van der Waals surface area contributed by atoms with Crippen molar-refractivity contribution in [3.8, 4) is 0 Å². The van der Waals surface area contributed by atoms with Crippen molar-refractivity contribution in [3.05, 3.63) is 22.4 Å². The summed E-state index contributed by atoms with van der Waals surface area (Å²) in [6.45, 7) is 6.70. The van der Waals surface area contributed by atoms with Gasteiger partial charge in [0.05, 0.1) is 5.75 Å². The number of aromatic nitrogens is 2. The van der Waals surface area contributed by atoms with Crippen LogP contribution in [-0.2, 0) is 5.75 Å². The fourth-order valence-electron chi connectivity index (χ4n) is 1.32. The first-order chi connectivity index (χ1) is 8.08. The summed E-state index contributed by atoms with van der Waals surface area (Å²) < 4.78 is 0. The first-order valence-corrected chi connectivity index (χ1v) is 7.89. The Bertz CT molecular complexity index is 510. The molecule has 0 saturated heterocycles. The van der Waals surface area contributed by atoms with E-state index in [1.807, 2.05) is 23.2 Å². The van der Waals surface area contributed by atoms with Crippen LogP contribution in [0, 0.1) is 5.92 Å². The summed E-state index contributed by atoms with van der Waals surface area (Å²) in [5.41, 5.74) is 0. The highest BCUT2D eigenvalue weighted by Crippen LogP contribution is 2.27. The molecule has 0 N–H and O–H groups in total. The summed E-state index contributed by atoms with van der Waals surface area (Å²) in [5.74, 6) is 2.33. The minimum Gasteiger partial charge on any atom is -0.221 e. The van der Waals surface area contributed by atoms with Crippen molar-refractivity contribution in [2.24, 2.45) is 5.92 Å². The van der Waals surface area contributed by atoms with Gasteiger partial charge in [-0.05, 0) is 17.4 Å². The Balaban J connectivity index is 2.13. The molecule has 0 amide bonds. The van der Waals surface area contributed by atoms with Crippen molar-refractivity contribution in [2.75, 3.05) is 0 Å². The van der Waals surface area contributed by atoms with Crippen LogP contribution in [0.2, 0.25) is 5.15 Å². The largest absolute Gasteiger partial charge is 0.221 e. The van der Waals surface area contributed by atoms with Crippen molar-refractivity contribution in [1.29, 1.82) is 0 Å². The van der Waals surface area contributed by atoms with E-state index in [9.17, 15) is 0 Å². The molecule has 2 heterocycles. The molecule has 0 bridgehead atoms. The number of rotatable bonds is 4. The van der Waals surface area contributed by atoms with E-state index in [4.69, 9.17) is 11.6 Å². The predicted octanol–water partition coefficient (Wildman–Crippen LogP) is 4.62. The molecule has 0 aliphatic rings. The molecule has 1 unspecified atom stereocenters. The Morgan fingerprint density at radius 1 is 1.35 bits per heavy atom. The molecule has 92 valence electrons. The van der Waals surface area contributed by atoms with Gasteiger partial charge in [-0.1, -0.05) is 32.4 Å². The van der Waals surface area contributed by atoms with Gasteiger partial charge >= 0.3 is 0 Å². The highest BCUT2D eigenvalue weighted by Gasteiger charge is 2.11. The summed E-state index contributed by atoms with van der Waals surface area (Å²) in [4.78, 5) is 9.86. The van der Waals surface area contributed by atoms with Gasteiger partial charge in [0.2, 0.25) is 0 Å². The van der Waals surface area contributed by atoms with Crippen LogP contribution in [0.5, 0.6) is 0 Å². The standard InChI is InChI=1S/C12H15ClN2S2/c1-7(2)8(3)17-6-10-14-11(13)9-4-5-16-12(9)15-10/h4-5,7-8H,6H2,1-3H3. The molecule has 0 aliphatic carbocycles. The van der Waals surface area contributed by atoms with Gasteiger partial charge in [-0.25, -0.2) is 9.97 Å². The Morgan fingerprint density at radius 2 is 2.12 bits per heavy atom. The van der Waals surface area contributed by atoms with Crippen molar-refractivity contribution >= 4 is 44.9 Å². The zero-order chi connectivity index (χ0) is 12.4. The van der Waals surface area contributed by atoms with Gasteiger partial charge in [0.25, 0.3) is 0 Å². The fourth-order valence-corrected chi connectivity index (χ4v) is 3.34. The lowest BCUT2D eigenvalue weighted by Gasteiger charge is -2.14. The number of nitrogens with zero attached hydrogens (tertiary/aromatic N) is 2. The summed E-state index contributed by atoms with van der Waals surface area (Å²) in [7, 11) is 0. The van der Waals surface area contributed by atoms with Crippen LogP contribution in [0.4, 0.5) is 0 Å². The van der Waals surface area contributed by atoms with E-state index in [1.165, 1.54) is 0 Å². The average molecular weight is 287 g/mol. The third-order valence-electron chi connectivity index (χ3n) is 2.74. The average Bonchev–Trinajstić information content (AvgIpc) is 2.74. The van der Waals surface area contributed by atoms with Crippen LogP contribution in [-0.4, -0.2) is 15.2 Å².